The van der Waals surface area contributed by atoms with Crippen LogP contribution in [0.15, 0.2) is 65.5 Å². The Morgan fingerprint density at radius 3 is 2.30 bits per heavy atom. The van der Waals surface area contributed by atoms with Gasteiger partial charge in [0.05, 0.1) is 16.8 Å². The molecule has 1 unspecified atom stereocenters. The molecule has 0 saturated carbocycles. The van der Waals surface area contributed by atoms with Gasteiger partial charge in [-0.05, 0) is 59.5 Å². The maximum absolute atomic E-state index is 12.7. The number of phenolic OH excluding ortho intramolecular Hbond substituents is 2. The first-order chi connectivity index (χ1) is 21.1. The number of rotatable bonds is 8. The number of nitrogens with zero attached hydrogens (tertiary/aromatic N) is 4. The lowest BCUT2D eigenvalue weighted by atomic mass is 9.98. The van der Waals surface area contributed by atoms with Gasteiger partial charge in [0.2, 0.25) is 0 Å². The molecule has 0 spiro atoms. The van der Waals surface area contributed by atoms with E-state index in [-0.39, 0.29) is 29.6 Å². The second-order valence-corrected chi connectivity index (χ2v) is 11.0. The maximum Gasteiger partial charge on any atom is 0.415 e. The van der Waals surface area contributed by atoms with Gasteiger partial charge < -0.3 is 24.6 Å². The van der Waals surface area contributed by atoms with E-state index in [2.05, 4.69) is 24.3 Å². The van der Waals surface area contributed by atoms with Crippen LogP contribution in [-0.2, 0) is 11.3 Å². The minimum absolute atomic E-state index is 0.00355. The summed E-state index contributed by atoms with van der Waals surface area (Å²) in [5.41, 5.74) is 2.48. The Kier molecular flexibility index (Phi) is 9.32. The van der Waals surface area contributed by atoms with Gasteiger partial charge in [0.1, 0.15) is 23.6 Å². The fraction of sp³-hybridized carbons (Fsp3) is 0.290. The first-order valence-electron chi connectivity index (χ1n) is 14.1. The van der Waals surface area contributed by atoms with Crippen LogP contribution >= 0.6 is 9.24 Å². The van der Waals surface area contributed by atoms with Crippen molar-refractivity contribution in [3.8, 4) is 34.3 Å². The Labute approximate surface area is 256 Å². The zero-order valence-electron chi connectivity index (χ0n) is 24.4. The average Bonchev–Trinajstić information content (AvgIpc) is 3.39. The third-order valence-electron chi connectivity index (χ3n) is 7.42. The summed E-state index contributed by atoms with van der Waals surface area (Å²) in [7, 11) is 2.32. The predicted octanol–water partition coefficient (Wildman–Crippen LogP) is 4.07. The number of phenols is 2. The number of aromatic nitrogens is 3. The van der Waals surface area contributed by atoms with E-state index in [1.807, 2.05) is 38.1 Å². The fourth-order valence-electron chi connectivity index (χ4n) is 5.03. The van der Waals surface area contributed by atoms with Crippen molar-refractivity contribution in [1.82, 2.24) is 24.6 Å². The molecule has 3 aromatic carbocycles. The highest BCUT2D eigenvalue weighted by Crippen LogP contribution is 2.37. The highest BCUT2D eigenvalue weighted by molar-refractivity contribution is 7.16. The normalized spacial score (nSPS) is 13.7. The Morgan fingerprint density at radius 1 is 0.977 bits per heavy atom. The molecule has 1 aliphatic heterocycles. The van der Waals surface area contributed by atoms with Crippen LogP contribution in [0.3, 0.4) is 0 Å². The summed E-state index contributed by atoms with van der Waals surface area (Å²) < 4.78 is 11.8. The topological polar surface area (TPSA) is 150 Å². The number of aromatic hydroxyl groups is 2. The molecule has 3 N–H and O–H groups in total. The Hall–Kier alpha value is -4.67. The lowest BCUT2D eigenvalue weighted by Gasteiger charge is -2.34. The van der Waals surface area contributed by atoms with Crippen molar-refractivity contribution in [2.75, 3.05) is 32.5 Å². The van der Waals surface area contributed by atoms with E-state index in [4.69, 9.17) is 9.47 Å². The molecule has 5 rings (SSSR count). The van der Waals surface area contributed by atoms with Crippen LogP contribution in [0.4, 0.5) is 4.79 Å². The predicted molar refractivity (Wildman–Crippen MR) is 166 cm³/mol. The molecular weight excluding hydrogens is 585 g/mol. The summed E-state index contributed by atoms with van der Waals surface area (Å²) in [5, 5.41) is 27.4. The standard InChI is InChI=1S/C31H34N5O7P/c1-19(2)24-15-25(27(38)16-26(24)37)28-32-33-30(40)36(28)22-7-3-20(4-8-22)17-34-11-13-35(14-12-34)31(41)43-23-9-5-21(6-10-23)29(39)42-18-44/h3-10,15-16,19,37-38H,11-14,17-18,44H2,1-2H3,(H,33,40). The van der Waals surface area contributed by atoms with Crippen LogP contribution < -0.4 is 10.4 Å². The molecule has 0 bridgehead atoms. The molecule has 1 aromatic heterocycles. The minimum Gasteiger partial charge on any atom is -0.508 e. The zero-order valence-corrected chi connectivity index (χ0v) is 25.6. The lowest BCUT2D eigenvalue weighted by Crippen LogP contribution is -2.49. The van der Waals surface area contributed by atoms with Gasteiger partial charge in [-0.25, -0.2) is 24.0 Å². The lowest BCUT2D eigenvalue weighted by molar-refractivity contribution is 0.0578. The number of ether oxygens (including phenoxy) is 2. The summed E-state index contributed by atoms with van der Waals surface area (Å²) >= 11 is 0. The molecule has 44 heavy (non-hydrogen) atoms. The molecule has 0 aliphatic carbocycles. The zero-order chi connectivity index (χ0) is 31.4. The van der Waals surface area contributed by atoms with E-state index in [9.17, 15) is 24.6 Å². The maximum atomic E-state index is 12.7. The van der Waals surface area contributed by atoms with Gasteiger partial charge in [-0.2, -0.15) is 5.10 Å². The van der Waals surface area contributed by atoms with Gasteiger partial charge in [0, 0.05) is 38.8 Å². The Morgan fingerprint density at radius 2 is 1.66 bits per heavy atom. The molecular formula is C31H34N5O7P. The van der Waals surface area contributed by atoms with E-state index >= 15 is 0 Å². The van der Waals surface area contributed by atoms with E-state index in [0.717, 1.165) is 5.56 Å². The highest BCUT2D eigenvalue weighted by atomic mass is 31.0. The van der Waals surface area contributed by atoms with E-state index in [1.165, 1.54) is 10.6 Å². The van der Waals surface area contributed by atoms with Crippen molar-refractivity contribution in [1.29, 1.82) is 0 Å². The molecule has 1 atom stereocenters. The molecule has 12 nitrogen and oxygen atoms in total. The third kappa shape index (κ3) is 6.77. The first kappa shape index (κ1) is 30.8. The number of esters is 1. The number of hydrogen-bond acceptors (Lipinski definition) is 9. The van der Waals surface area contributed by atoms with Crippen LogP contribution in [0.1, 0.15) is 41.3 Å². The molecule has 1 fully saturated rings. The molecule has 0 radical (unpaired) electrons. The summed E-state index contributed by atoms with van der Waals surface area (Å²) in [6.45, 7) is 6.80. The number of H-pyrrole nitrogens is 1. The first-order valence-corrected chi connectivity index (χ1v) is 15.0. The minimum atomic E-state index is -0.455. The number of hydrogen-bond donors (Lipinski definition) is 3. The van der Waals surface area contributed by atoms with Crippen molar-refractivity contribution in [2.24, 2.45) is 0 Å². The van der Waals surface area contributed by atoms with Gasteiger partial charge in [0.25, 0.3) is 0 Å². The van der Waals surface area contributed by atoms with Gasteiger partial charge >= 0.3 is 17.8 Å². The van der Waals surface area contributed by atoms with Crippen LogP contribution in [0.25, 0.3) is 17.1 Å². The van der Waals surface area contributed by atoms with E-state index in [1.54, 1.807) is 35.2 Å². The number of nitrogens with one attached hydrogen (secondary N) is 1. The van der Waals surface area contributed by atoms with E-state index in [0.29, 0.717) is 60.9 Å². The quantitative estimate of drug-likeness (QED) is 0.196. The molecule has 2 heterocycles. The van der Waals surface area contributed by atoms with Crippen molar-refractivity contribution in [3.63, 3.8) is 0 Å². The SMILES string of the molecule is CC(C)c1cc(-c2n[nH]c(=O)n2-c2ccc(CN3CCN(C(=O)Oc4ccc(C(=O)OCP)cc4)CC3)cc2)c(O)cc1O. The van der Waals surface area contributed by atoms with Crippen molar-refractivity contribution < 1.29 is 29.3 Å². The van der Waals surface area contributed by atoms with Gasteiger partial charge in [0.15, 0.2) is 5.82 Å². The molecule has 1 saturated heterocycles. The average molecular weight is 620 g/mol. The van der Waals surface area contributed by atoms with Crippen LogP contribution in [0, 0.1) is 0 Å². The molecule has 4 aromatic rings. The Balaban J connectivity index is 1.19. The fourth-order valence-corrected chi connectivity index (χ4v) is 5.18. The van der Waals surface area contributed by atoms with Gasteiger partial charge in [-0.3, -0.25) is 4.90 Å². The Bertz CT molecular complexity index is 1690. The second kappa shape index (κ2) is 13.3. The van der Waals surface area contributed by atoms with Crippen molar-refractivity contribution in [3.05, 3.63) is 87.8 Å². The summed E-state index contributed by atoms with van der Waals surface area (Å²) in [6.07, 6.45) is -0.246. The molecule has 1 amide bonds. The monoisotopic (exact) mass is 619 g/mol. The largest absolute Gasteiger partial charge is 0.508 e. The number of amides is 1. The van der Waals surface area contributed by atoms with Gasteiger partial charge in [-0.1, -0.05) is 35.2 Å². The summed E-state index contributed by atoms with van der Waals surface area (Å²) in [5.74, 6) is -0.0677. The second-order valence-electron chi connectivity index (χ2n) is 10.7. The van der Waals surface area contributed by atoms with Crippen LogP contribution in [0.2, 0.25) is 0 Å². The molecule has 230 valence electrons. The number of aromatic amines is 1. The smallest absolute Gasteiger partial charge is 0.415 e. The van der Waals surface area contributed by atoms with Crippen molar-refractivity contribution in [2.45, 2.75) is 26.3 Å². The number of benzene rings is 3. The van der Waals surface area contributed by atoms with Crippen LogP contribution in [-0.4, -0.2) is 79.4 Å². The molecule has 13 heteroatoms. The summed E-state index contributed by atoms with van der Waals surface area (Å²) in [4.78, 5) is 41.1. The third-order valence-corrected chi connectivity index (χ3v) is 7.59. The molecule has 1 aliphatic rings. The number of piperazine rings is 1. The number of carbonyl (C=O) groups is 2. The number of carbonyl (C=O) groups excluding carboxylic acids is 2. The van der Waals surface area contributed by atoms with Gasteiger partial charge in [-0.15, -0.1) is 0 Å². The van der Waals surface area contributed by atoms with E-state index < -0.39 is 17.8 Å². The van der Waals surface area contributed by atoms with Crippen LogP contribution in [0.5, 0.6) is 17.2 Å². The van der Waals surface area contributed by atoms with Crippen molar-refractivity contribution >= 4 is 21.3 Å². The summed E-state index contributed by atoms with van der Waals surface area (Å²) in [6, 6.07) is 16.6. The highest BCUT2D eigenvalue weighted by Gasteiger charge is 2.23.